The SMILES string of the molecule is C/C=C(C)\C=C/C(=N)N. The van der Waals surface area contributed by atoms with E-state index >= 15 is 0 Å². The third-order valence-corrected chi connectivity index (χ3v) is 0.981. The van der Waals surface area contributed by atoms with Crippen molar-refractivity contribution in [2.45, 2.75) is 13.8 Å². The molecular weight excluding hydrogens is 112 g/mol. The first-order valence-electron chi connectivity index (χ1n) is 2.82. The lowest BCUT2D eigenvalue weighted by atomic mass is 10.2. The minimum absolute atomic E-state index is 0.0937. The average molecular weight is 124 g/mol. The van der Waals surface area contributed by atoms with Gasteiger partial charge < -0.3 is 5.73 Å². The van der Waals surface area contributed by atoms with Crippen molar-refractivity contribution in [2.75, 3.05) is 0 Å². The first-order chi connectivity index (χ1) is 4.16. The fourth-order valence-corrected chi connectivity index (χ4v) is 0.317. The van der Waals surface area contributed by atoms with E-state index in [2.05, 4.69) is 0 Å². The van der Waals surface area contributed by atoms with Crippen LogP contribution in [0.4, 0.5) is 0 Å². The van der Waals surface area contributed by atoms with Gasteiger partial charge in [-0.05, 0) is 19.9 Å². The van der Waals surface area contributed by atoms with Gasteiger partial charge in [0, 0.05) is 0 Å². The van der Waals surface area contributed by atoms with Crippen molar-refractivity contribution < 1.29 is 0 Å². The highest BCUT2D eigenvalue weighted by molar-refractivity contribution is 5.88. The molecule has 0 aliphatic carbocycles. The number of hydrogen-bond donors (Lipinski definition) is 2. The minimum atomic E-state index is 0.0937. The molecule has 0 aromatic rings. The fraction of sp³-hybridized carbons (Fsp3) is 0.286. The van der Waals surface area contributed by atoms with Gasteiger partial charge in [0.25, 0.3) is 0 Å². The lowest BCUT2D eigenvalue weighted by Gasteiger charge is -1.86. The average Bonchev–Trinajstić information content (AvgIpc) is 1.83. The molecule has 0 saturated carbocycles. The van der Waals surface area contributed by atoms with Crippen LogP contribution in [0.15, 0.2) is 23.8 Å². The Hall–Kier alpha value is -1.05. The van der Waals surface area contributed by atoms with Crippen LogP contribution < -0.4 is 5.73 Å². The number of allylic oxidation sites excluding steroid dienone is 3. The molecule has 0 fully saturated rings. The molecule has 0 radical (unpaired) electrons. The van der Waals surface area contributed by atoms with Crippen LogP contribution in [0.2, 0.25) is 0 Å². The highest BCUT2D eigenvalue weighted by Gasteiger charge is 1.77. The number of hydrogen-bond acceptors (Lipinski definition) is 1. The summed E-state index contributed by atoms with van der Waals surface area (Å²) in [5.74, 6) is 0.0937. The summed E-state index contributed by atoms with van der Waals surface area (Å²) in [7, 11) is 0. The number of amidine groups is 1. The van der Waals surface area contributed by atoms with Gasteiger partial charge in [0.05, 0.1) is 0 Å². The number of rotatable bonds is 2. The van der Waals surface area contributed by atoms with Crippen molar-refractivity contribution in [3.05, 3.63) is 23.8 Å². The summed E-state index contributed by atoms with van der Waals surface area (Å²) in [6.45, 7) is 3.90. The van der Waals surface area contributed by atoms with Crippen LogP contribution in [-0.4, -0.2) is 5.84 Å². The first-order valence-corrected chi connectivity index (χ1v) is 2.82. The summed E-state index contributed by atoms with van der Waals surface area (Å²) in [6, 6.07) is 0. The quantitative estimate of drug-likeness (QED) is 0.326. The maximum absolute atomic E-state index is 6.83. The Balaban J connectivity index is 3.86. The van der Waals surface area contributed by atoms with Crippen molar-refractivity contribution in [3.63, 3.8) is 0 Å². The number of nitrogens with one attached hydrogen (secondary N) is 1. The molecule has 0 atom stereocenters. The summed E-state index contributed by atoms with van der Waals surface area (Å²) in [5.41, 5.74) is 6.18. The zero-order valence-corrected chi connectivity index (χ0v) is 5.81. The van der Waals surface area contributed by atoms with Crippen LogP contribution in [-0.2, 0) is 0 Å². The summed E-state index contributed by atoms with van der Waals surface area (Å²) >= 11 is 0. The van der Waals surface area contributed by atoms with Crippen LogP contribution in [0.3, 0.4) is 0 Å². The molecule has 0 unspecified atom stereocenters. The Morgan fingerprint density at radius 3 is 2.33 bits per heavy atom. The van der Waals surface area contributed by atoms with E-state index in [-0.39, 0.29) is 5.84 Å². The third-order valence-electron chi connectivity index (χ3n) is 0.981. The monoisotopic (exact) mass is 124 g/mol. The molecule has 0 aliphatic rings. The zero-order valence-electron chi connectivity index (χ0n) is 5.81. The highest BCUT2D eigenvalue weighted by Crippen LogP contribution is 1.91. The molecule has 0 rings (SSSR count). The van der Waals surface area contributed by atoms with E-state index in [4.69, 9.17) is 11.1 Å². The first kappa shape index (κ1) is 7.95. The van der Waals surface area contributed by atoms with Crippen molar-refractivity contribution in [3.8, 4) is 0 Å². The summed E-state index contributed by atoms with van der Waals surface area (Å²) in [5, 5.41) is 6.83. The van der Waals surface area contributed by atoms with Gasteiger partial charge in [0.1, 0.15) is 5.84 Å². The van der Waals surface area contributed by atoms with Crippen molar-refractivity contribution in [1.29, 1.82) is 5.41 Å². The van der Waals surface area contributed by atoms with Crippen LogP contribution >= 0.6 is 0 Å². The van der Waals surface area contributed by atoms with Crippen LogP contribution in [0.1, 0.15) is 13.8 Å². The summed E-state index contributed by atoms with van der Waals surface area (Å²) in [4.78, 5) is 0. The zero-order chi connectivity index (χ0) is 7.28. The van der Waals surface area contributed by atoms with E-state index in [0.29, 0.717) is 0 Å². The second-order valence-electron chi connectivity index (χ2n) is 1.82. The van der Waals surface area contributed by atoms with E-state index in [9.17, 15) is 0 Å². The molecule has 0 bridgehead atoms. The van der Waals surface area contributed by atoms with E-state index in [0.717, 1.165) is 5.57 Å². The summed E-state index contributed by atoms with van der Waals surface area (Å²) < 4.78 is 0. The van der Waals surface area contributed by atoms with E-state index in [1.54, 1.807) is 6.08 Å². The minimum Gasteiger partial charge on any atom is -0.384 e. The topological polar surface area (TPSA) is 49.9 Å². The van der Waals surface area contributed by atoms with Crippen LogP contribution in [0, 0.1) is 5.41 Å². The molecule has 0 aromatic carbocycles. The van der Waals surface area contributed by atoms with Crippen molar-refractivity contribution >= 4 is 5.84 Å². The Bertz CT molecular complexity index is 154. The lowest BCUT2D eigenvalue weighted by Crippen LogP contribution is -2.04. The molecule has 0 heterocycles. The van der Waals surface area contributed by atoms with E-state index < -0.39 is 0 Å². The van der Waals surface area contributed by atoms with Gasteiger partial charge in [-0.2, -0.15) is 0 Å². The second-order valence-corrected chi connectivity index (χ2v) is 1.82. The molecular formula is C7H12N2. The van der Waals surface area contributed by atoms with Gasteiger partial charge in [0.15, 0.2) is 0 Å². The van der Waals surface area contributed by atoms with Gasteiger partial charge >= 0.3 is 0 Å². The number of nitrogens with two attached hydrogens (primary N) is 1. The molecule has 0 saturated heterocycles. The predicted molar refractivity (Wildman–Crippen MR) is 40.5 cm³/mol. The van der Waals surface area contributed by atoms with E-state index in [1.807, 2.05) is 26.0 Å². The summed E-state index contributed by atoms with van der Waals surface area (Å²) in [6.07, 6.45) is 5.33. The van der Waals surface area contributed by atoms with Crippen LogP contribution in [0.5, 0.6) is 0 Å². The molecule has 2 heteroatoms. The van der Waals surface area contributed by atoms with Crippen molar-refractivity contribution in [1.82, 2.24) is 0 Å². The van der Waals surface area contributed by atoms with Crippen LogP contribution in [0.25, 0.3) is 0 Å². The molecule has 9 heavy (non-hydrogen) atoms. The van der Waals surface area contributed by atoms with Gasteiger partial charge in [-0.3, -0.25) is 5.41 Å². The largest absolute Gasteiger partial charge is 0.384 e. The van der Waals surface area contributed by atoms with Gasteiger partial charge in [-0.15, -0.1) is 0 Å². The Kier molecular flexibility index (Phi) is 3.44. The molecule has 0 spiro atoms. The molecule has 3 N–H and O–H groups in total. The molecule has 0 amide bonds. The third kappa shape index (κ3) is 4.81. The fourth-order valence-electron chi connectivity index (χ4n) is 0.317. The Morgan fingerprint density at radius 2 is 2.00 bits per heavy atom. The lowest BCUT2D eigenvalue weighted by molar-refractivity contribution is 1.44. The predicted octanol–water partition coefficient (Wildman–Crippen LogP) is 1.44. The second kappa shape index (κ2) is 3.89. The molecule has 0 aromatic heterocycles. The van der Waals surface area contributed by atoms with Gasteiger partial charge in [-0.25, -0.2) is 0 Å². The standard InChI is InChI=1S/C7H12N2/c1-3-6(2)4-5-7(8)9/h3-5H,1-2H3,(H3,8,9)/b5-4-,6-3-. The van der Waals surface area contributed by atoms with E-state index in [1.165, 1.54) is 0 Å². The Labute approximate surface area is 55.6 Å². The maximum Gasteiger partial charge on any atom is 0.115 e. The van der Waals surface area contributed by atoms with Gasteiger partial charge in [-0.1, -0.05) is 17.7 Å². The smallest absolute Gasteiger partial charge is 0.115 e. The maximum atomic E-state index is 6.83. The Morgan fingerprint density at radius 1 is 1.44 bits per heavy atom. The molecule has 50 valence electrons. The molecule has 2 nitrogen and oxygen atoms in total. The highest BCUT2D eigenvalue weighted by atomic mass is 14.7. The van der Waals surface area contributed by atoms with Gasteiger partial charge in [0.2, 0.25) is 0 Å². The normalized spacial score (nSPS) is 12.4. The molecule has 0 aliphatic heterocycles. The van der Waals surface area contributed by atoms with Crippen molar-refractivity contribution in [2.24, 2.45) is 5.73 Å².